The van der Waals surface area contributed by atoms with Crippen molar-refractivity contribution in [2.45, 2.75) is 32.4 Å². The van der Waals surface area contributed by atoms with E-state index in [2.05, 4.69) is 5.32 Å². The molecule has 0 bridgehead atoms. The number of rotatable bonds is 2. The summed E-state index contributed by atoms with van der Waals surface area (Å²) < 4.78 is 0. The van der Waals surface area contributed by atoms with Crippen LogP contribution in [0.4, 0.5) is 0 Å². The molecule has 1 heterocycles. The largest absolute Gasteiger partial charge is 0.392 e. The molecule has 3 N–H and O–H groups in total. The molecule has 1 aliphatic rings. The van der Waals surface area contributed by atoms with Gasteiger partial charge in [-0.25, -0.2) is 0 Å². The number of thiocarbonyl (C=S) groups is 1. The highest BCUT2D eigenvalue weighted by Gasteiger charge is 2.43. The van der Waals surface area contributed by atoms with Gasteiger partial charge in [-0.05, 0) is 20.8 Å². The fourth-order valence-corrected chi connectivity index (χ4v) is 1.70. The first-order valence-electron chi connectivity index (χ1n) is 4.67. The van der Waals surface area contributed by atoms with Crippen molar-refractivity contribution in [3.63, 3.8) is 0 Å². The lowest BCUT2D eigenvalue weighted by Gasteiger charge is -2.43. The molecule has 2 amide bonds. The molecular formula is C9H15N3O2S. The maximum Gasteiger partial charge on any atom is 0.246 e. The van der Waals surface area contributed by atoms with Crippen molar-refractivity contribution < 1.29 is 9.59 Å². The number of carbonyl (C=O) groups is 2. The molecule has 0 aromatic heterocycles. The first-order chi connectivity index (χ1) is 6.76. The van der Waals surface area contributed by atoms with Gasteiger partial charge in [0.25, 0.3) is 0 Å². The summed E-state index contributed by atoms with van der Waals surface area (Å²) in [5.41, 5.74) is 4.76. The predicted molar refractivity (Wildman–Crippen MR) is 60.2 cm³/mol. The quantitative estimate of drug-likeness (QED) is 0.488. The van der Waals surface area contributed by atoms with Crippen LogP contribution in [0.3, 0.4) is 0 Å². The fourth-order valence-electron chi connectivity index (χ4n) is 1.58. The Kier molecular flexibility index (Phi) is 3.11. The van der Waals surface area contributed by atoms with E-state index in [1.54, 1.807) is 25.7 Å². The normalized spacial score (nSPS) is 23.4. The van der Waals surface area contributed by atoms with Gasteiger partial charge in [0.2, 0.25) is 11.8 Å². The molecule has 84 valence electrons. The molecule has 1 saturated heterocycles. The average Bonchev–Trinajstić information content (AvgIpc) is 2.10. The first kappa shape index (κ1) is 12.1. The van der Waals surface area contributed by atoms with Gasteiger partial charge in [-0.3, -0.25) is 19.8 Å². The third kappa shape index (κ3) is 2.15. The van der Waals surface area contributed by atoms with Crippen LogP contribution in [0.1, 0.15) is 20.8 Å². The summed E-state index contributed by atoms with van der Waals surface area (Å²) in [5, 5.41) is 2.29. The van der Waals surface area contributed by atoms with Gasteiger partial charge < -0.3 is 5.73 Å². The Bertz CT molecular complexity index is 327. The van der Waals surface area contributed by atoms with Crippen LogP contribution < -0.4 is 11.1 Å². The molecule has 1 unspecified atom stereocenters. The summed E-state index contributed by atoms with van der Waals surface area (Å²) >= 11 is 4.87. The molecule has 1 fully saturated rings. The minimum absolute atomic E-state index is 0.136. The number of nitrogens with zero attached hydrogens (tertiary/aromatic N) is 1. The van der Waals surface area contributed by atoms with E-state index < -0.39 is 5.54 Å². The minimum atomic E-state index is -0.767. The Hall–Kier alpha value is -1.01. The molecular weight excluding hydrogens is 214 g/mol. The second-order valence-corrected chi connectivity index (χ2v) is 4.61. The van der Waals surface area contributed by atoms with Crippen molar-refractivity contribution in [1.29, 1.82) is 0 Å². The van der Waals surface area contributed by atoms with E-state index in [1.807, 2.05) is 0 Å². The smallest absolute Gasteiger partial charge is 0.246 e. The molecule has 0 aliphatic carbocycles. The van der Waals surface area contributed by atoms with Gasteiger partial charge in [0.1, 0.15) is 0 Å². The van der Waals surface area contributed by atoms with Crippen molar-refractivity contribution in [3.8, 4) is 0 Å². The highest BCUT2D eigenvalue weighted by molar-refractivity contribution is 7.80. The number of hydrogen-bond donors (Lipinski definition) is 2. The molecule has 0 spiro atoms. The summed E-state index contributed by atoms with van der Waals surface area (Å²) in [4.78, 5) is 24.8. The second-order valence-electron chi connectivity index (χ2n) is 4.14. The Morgan fingerprint density at radius 2 is 2.13 bits per heavy atom. The SMILES string of the molecule is CC(C(N)=S)N1CC(=O)NC(=O)C1(C)C. The third-order valence-corrected chi connectivity index (χ3v) is 3.06. The maximum atomic E-state index is 11.6. The molecule has 1 atom stereocenters. The van der Waals surface area contributed by atoms with Crippen LogP contribution in [-0.4, -0.2) is 39.8 Å². The van der Waals surface area contributed by atoms with Crippen molar-refractivity contribution in [2.75, 3.05) is 6.54 Å². The van der Waals surface area contributed by atoms with E-state index in [0.717, 1.165) is 0 Å². The van der Waals surface area contributed by atoms with Crippen LogP contribution >= 0.6 is 12.2 Å². The van der Waals surface area contributed by atoms with Crippen LogP contribution in [0.2, 0.25) is 0 Å². The zero-order chi connectivity index (χ0) is 11.8. The second kappa shape index (κ2) is 3.86. The third-order valence-electron chi connectivity index (χ3n) is 2.72. The van der Waals surface area contributed by atoms with Crippen LogP contribution in [0.15, 0.2) is 0 Å². The summed E-state index contributed by atoms with van der Waals surface area (Å²) in [6.07, 6.45) is 0. The number of hydrogen-bond acceptors (Lipinski definition) is 4. The van der Waals surface area contributed by atoms with E-state index in [1.165, 1.54) is 0 Å². The average molecular weight is 229 g/mol. The van der Waals surface area contributed by atoms with Crippen LogP contribution in [-0.2, 0) is 9.59 Å². The number of piperazine rings is 1. The lowest BCUT2D eigenvalue weighted by molar-refractivity contribution is -0.145. The molecule has 1 rings (SSSR count). The number of amides is 2. The predicted octanol–water partition coefficient (Wildman–Crippen LogP) is -0.602. The lowest BCUT2D eigenvalue weighted by atomic mass is 9.96. The van der Waals surface area contributed by atoms with E-state index in [9.17, 15) is 9.59 Å². The maximum absolute atomic E-state index is 11.6. The Labute approximate surface area is 94.0 Å². The molecule has 6 heteroatoms. The number of carbonyl (C=O) groups excluding carboxylic acids is 2. The summed E-state index contributed by atoms with van der Waals surface area (Å²) in [7, 11) is 0. The molecule has 0 aromatic carbocycles. The van der Waals surface area contributed by atoms with Crippen molar-refractivity contribution in [3.05, 3.63) is 0 Å². The van der Waals surface area contributed by atoms with Gasteiger partial charge in [-0.1, -0.05) is 12.2 Å². The molecule has 0 radical (unpaired) electrons. The van der Waals surface area contributed by atoms with Gasteiger partial charge in [0.15, 0.2) is 0 Å². The zero-order valence-electron chi connectivity index (χ0n) is 9.03. The topological polar surface area (TPSA) is 75.4 Å². The number of imide groups is 1. The van der Waals surface area contributed by atoms with Gasteiger partial charge in [0, 0.05) is 0 Å². The zero-order valence-corrected chi connectivity index (χ0v) is 9.85. The van der Waals surface area contributed by atoms with Gasteiger partial charge in [0.05, 0.1) is 23.1 Å². The van der Waals surface area contributed by atoms with Gasteiger partial charge >= 0.3 is 0 Å². The molecule has 0 saturated carbocycles. The Morgan fingerprint density at radius 3 is 2.60 bits per heavy atom. The molecule has 5 nitrogen and oxygen atoms in total. The molecule has 1 aliphatic heterocycles. The highest BCUT2D eigenvalue weighted by atomic mass is 32.1. The van der Waals surface area contributed by atoms with Crippen LogP contribution in [0, 0.1) is 0 Å². The van der Waals surface area contributed by atoms with E-state index in [0.29, 0.717) is 0 Å². The minimum Gasteiger partial charge on any atom is -0.392 e. The first-order valence-corrected chi connectivity index (χ1v) is 5.08. The molecule has 15 heavy (non-hydrogen) atoms. The summed E-state index contributed by atoms with van der Waals surface area (Å²) in [6.45, 7) is 5.40. The fraction of sp³-hybridized carbons (Fsp3) is 0.667. The van der Waals surface area contributed by atoms with E-state index in [4.69, 9.17) is 18.0 Å². The van der Waals surface area contributed by atoms with Gasteiger partial charge in [-0.15, -0.1) is 0 Å². The standard InChI is InChI=1S/C9H15N3O2S/c1-5(7(10)15)12-4-6(13)11-8(14)9(12,2)3/h5H,4H2,1-3H3,(H2,10,15)(H,11,13,14). The number of nitrogens with one attached hydrogen (secondary N) is 1. The van der Waals surface area contributed by atoms with Crippen LogP contribution in [0.5, 0.6) is 0 Å². The summed E-state index contributed by atoms with van der Waals surface area (Å²) in [6, 6.07) is -0.273. The lowest BCUT2D eigenvalue weighted by Crippen LogP contribution is -2.67. The Balaban J connectivity index is 2.98. The van der Waals surface area contributed by atoms with Crippen molar-refractivity contribution in [1.82, 2.24) is 10.2 Å². The van der Waals surface area contributed by atoms with Gasteiger partial charge in [-0.2, -0.15) is 0 Å². The Morgan fingerprint density at radius 1 is 1.60 bits per heavy atom. The summed E-state index contributed by atoms with van der Waals surface area (Å²) in [5.74, 6) is -0.635. The molecule has 0 aromatic rings. The van der Waals surface area contributed by atoms with E-state index >= 15 is 0 Å². The van der Waals surface area contributed by atoms with Crippen molar-refractivity contribution in [2.24, 2.45) is 5.73 Å². The number of nitrogens with two attached hydrogens (primary N) is 1. The van der Waals surface area contributed by atoms with Crippen molar-refractivity contribution >= 4 is 29.0 Å². The van der Waals surface area contributed by atoms with Crippen LogP contribution in [0.25, 0.3) is 0 Å². The highest BCUT2D eigenvalue weighted by Crippen LogP contribution is 2.20. The monoisotopic (exact) mass is 229 g/mol. The van der Waals surface area contributed by atoms with E-state index in [-0.39, 0.29) is 29.4 Å².